The first-order valence-electron chi connectivity index (χ1n) is 8.92. The second kappa shape index (κ2) is 8.53. The van der Waals surface area contributed by atoms with Gasteiger partial charge in [-0.15, -0.1) is 0 Å². The van der Waals surface area contributed by atoms with Gasteiger partial charge in [-0.1, -0.05) is 18.2 Å². The smallest absolute Gasteiger partial charge is 0.338 e. The van der Waals surface area contributed by atoms with E-state index >= 15 is 0 Å². The van der Waals surface area contributed by atoms with E-state index in [-0.39, 0.29) is 17.6 Å². The Balaban J connectivity index is 1.53. The molecule has 1 aromatic heterocycles. The number of amides is 1. The fourth-order valence-electron chi connectivity index (χ4n) is 3.20. The van der Waals surface area contributed by atoms with Crippen molar-refractivity contribution in [1.82, 2.24) is 9.88 Å². The highest BCUT2D eigenvalue weighted by Crippen LogP contribution is 2.18. The van der Waals surface area contributed by atoms with Crippen LogP contribution in [0.5, 0.6) is 5.75 Å². The van der Waals surface area contributed by atoms with E-state index in [9.17, 15) is 14.7 Å². The first kappa shape index (κ1) is 18.7. The van der Waals surface area contributed by atoms with Crippen molar-refractivity contribution >= 4 is 17.7 Å². The summed E-state index contributed by atoms with van der Waals surface area (Å²) in [6.07, 6.45) is 2.28. The minimum Gasteiger partial charge on any atom is -0.506 e. The number of benzene rings is 1. The maximum atomic E-state index is 12.6. The maximum Gasteiger partial charge on any atom is 0.338 e. The average Bonchev–Trinajstić information content (AvgIpc) is 2.72. The number of pyridine rings is 1. The van der Waals surface area contributed by atoms with Crippen LogP contribution in [0.2, 0.25) is 0 Å². The van der Waals surface area contributed by atoms with Gasteiger partial charge < -0.3 is 19.6 Å². The highest BCUT2D eigenvalue weighted by molar-refractivity contribution is 5.91. The third-order valence-corrected chi connectivity index (χ3v) is 4.72. The monoisotopic (exact) mass is 369 g/mol. The summed E-state index contributed by atoms with van der Waals surface area (Å²) in [7, 11) is 1.35. The van der Waals surface area contributed by atoms with Crippen molar-refractivity contribution in [2.45, 2.75) is 12.8 Å². The molecule has 0 bridgehead atoms. The van der Waals surface area contributed by atoms with Crippen molar-refractivity contribution in [2.75, 3.05) is 38.2 Å². The van der Waals surface area contributed by atoms with Gasteiger partial charge in [0.25, 0.3) is 0 Å². The Labute approximate surface area is 158 Å². The van der Waals surface area contributed by atoms with Gasteiger partial charge in [-0.25, -0.2) is 9.78 Å². The SMILES string of the molecule is COC(=O)c1ccccc1CCC(=O)N1CCN(c2ccc(O)cn2)CC1. The highest BCUT2D eigenvalue weighted by Gasteiger charge is 2.22. The fourth-order valence-corrected chi connectivity index (χ4v) is 3.20. The van der Waals surface area contributed by atoms with Gasteiger partial charge in [0.2, 0.25) is 5.91 Å². The summed E-state index contributed by atoms with van der Waals surface area (Å²) < 4.78 is 4.80. The second-order valence-electron chi connectivity index (χ2n) is 6.39. The van der Waals surface area contributed by atoms with Crippen LogP contribution in [0.1, 0.15) is 22.3 Å². The molecule has 0 radical (unpaired) electrons. The van der Waals surface area contributed by atoms with E-state index in [2.05, 4.69) is 9.88 Å². The fraction of sp³-hybridized carbons (Fsp3) is 0.350. The zero-order valence-corrected chi connectivity index (χ0v) is 15.3. The van der Waals surface area contributed by atoms with Gasteiger partial charge in [0, 0.05) is 32.6 Å². The summed E-state index contributed by atoms with van der Waals surface area (Å²) in [5, 5.41) is 9.33. The zero-order chi connectivity index (χ0) is 19.2. The molecule has 1 aromatic carbocycles. The van der Waals surface area contributed by atoms with E-state index in [4.69, 9.17) is 4.74 Å². The highest BCUT2D eigenvalue weighted by atomic mass is 16.5. The molecule has 1 saturated heterocycles. The van der Waals surface area contributed by atoms with Crippen molar-refractivity contribution in [1.29, 1.82) is 0 Å². The number of hydrogen-bond donors (Lipinski definition) is 1. The molecule has 7 heteroatoms. The molecule has 0 saturated carbocycles. The Kier molecular flexibility index (Phi) is 5.90. The molecule has 142 valence electrons. The molecular formula is C20H23N3O4. The number of ether oxygens (including phenoxy) is 1. The molecule has 0 unspecified atom stereocenters. The van der Waals surface area contributed by atoms with E-state index in [1.807, 2.05) is 17.0 Å². The molecule has 1 amide bonds. The van der Waals surface area contributed by atoms with E-state index in [0.29, 0.717) is 44.6 Å². The van der Waals surface area contributed by atoms with Crippen LogP contribution in [0.4, 0.5) is 5.82 Å². The predicted molar refractivity (Wildman–Crippen MR) is 101 cm³/mol. The Hall–Kier alpha value is -3.09. The number of rotatable bonds is 5. The van der Waals surface area contributed by atoms with Gasteiger partial charge in [-0.3, -0.25) is 4.79 Å². The second-order valence-corrected chi connectivity index (χ2v) is 6.39. The number of methoxy groups -OCH3 is 1. The number of aryl methyl sites for hydroxylation is 1. The van der Waals surface area contributed by atoms with Gasteiger partial charge in [0.05, 0.1) is 18.9 Å². The molecule has 1 N–H and O–H groups in total. The number of hydrogen-bond acceptors (Lipinski definition) is 6. The Morgan fingerprint density at radius 1 is 1.11 bits per heavy atom. The average molecular weight is 369 g/mol. The molecule has 2 aromatic rings. The molecule has 1 fully saturated rings. The first-order chi connectivity index (χ1) is 13.1. The van der Waals surface area contributed by atoms with Crippen molar-refractivity contribution in [3.8, 4) is 5.75 Å². The minimum absolute atomic E-state index is 0.0768. The molecule has 0 atom stereocenters. The standard InChI is InChI=1S/C20H23N3O4/c1-27-20(26)17-5-3-2-4-15(17)6-9-19(25)23-12-10-22(11-13-23)18-8-7-16(24)14-21-18/h2-5,7-8,14,24H,6,9-13H2,1H3. The summed E-state index contributed by atoms with van der Waals surface area (Å²) in [4.78, 5) is 32.5. The van der Waals surface area contributed by atoms with Crippen LogP contribution in [-0.2, 0) is 16.0 Å². The number of anilines is 1. The number of carbonyl (C=O) groups excluding carboxylic acids is 2. The van der Waals surface area contributed by atoms with Gasteiger partial charge in [-0.2, -0.15) is 0 Å². The number of aromatic nitrogens is 1. The Morgan fingerprint density at radius 3 is 2.52 bits per heavy atom. The summed E-state index contributed by atoms with van der Waals surface area (Å²) in [5.41, 5.74) is 1.33. The number of piperazine rings is 1. The van der Waals surface area contributed by atoms with Crippen molar-refractivity contribution in [3.63, 3.8) is 0 Å². The van der Waals surface area contributed by atoms with Crippen LogP contribution < -0.4 is 4.90 Å². The number of aromatic hydroxyl groups is 1. The predicted octanol–water partition coefficient (Wildman–Crippen LogP) is 1.86. The summed E-state index contributed by atoms with van der Waals surface area (Å²) in [5.74, 6) is 0.632. The molecule has 2 heterocycles. The number of nitrogens with zero attached hydrogens (tertiary/aromatic N) is 3. The molecule has 1 aliphatic heterocycles. The maximum absolute atomic E-state index is 12.6. The Morgan fingerprint density at radius 2 is 1.85 bits per heavy atom. The molecule has 27 heavy (non-hydrogen) atoms. The third kappa shape index (κ3) is 4.55. The zero-order valence-electron chi connectivity index (χ0n) is 15.3. The van der Waals surface area contributed by atoms with Crippen LogP contribution in [-0.4, -0.2) is 60.2 Å². The quantitative estimate of drug-likeness (QED) is 0.810. The largest absolute Gasteiger partial charge is 0.506 e. The number of esters is 1. The van der Waals surface area contributed by atoms with E-state index in [1.165, 1.54) is 13.3 Å². The molecular weight excluding hydrogens is 346 g/mol. The van der Waals surface area contributed by atoms with Crippen molar-refractivity contribution in [3.05, 3.63) is 53.7 Å². The van der Waals surface area contributed by atoms with Crippen molar-refractivity contribution < 1.29 is 19.4 Å². The van der Waals surface area contributed by atoms with Gasteiger partial charge in [0.15, 0.2) is 0 Å². The van der Waals surface area contributed by atoms with Gasteiger partial charge >= 0.3 is 5.97 Å². The molecule has 0 aliphatic carbocycles. The lowest BCUT2D eigenvalue weighted by Gasteiger charge is -2.35. The van der Waals surface area contributed by atoms with Crippen molar-refractivity contribution in [2.24, 2.45) is 0 Å². The van der Waals surface area contributed by atoms with Crippen LogP contribution >= 0.6 is 0 Å². The van der Waals surface area contributed by atoms with Crippen LogP contribution in [0.25, 0.3) is 0 Å². The lowest BCUT2D eigenvalue weighted by Crippen LogP contribution is -2.49. The Bertz CT molecular complexity index is 799. The lowest BCUT2D eigenvalue weighted by molar-refractivity contribution is -0.131. The summed E-state index contributed by atoms with van der Waals surface area (Å²) >= 11 is 0. The first-order valence-corrected chi connectivity index (χ1v) is 8.92. The minimum atomic E-state index is -0.381. The molecule has 3 rings (SSSR count). The van der Waals surface area contributed by atoms with Crippen LogP contribution in [0.3, 0.4) is 0 Å². The summed E-state index contributed by atoms with van der Waals surface area (Å²) in [6, 6.07) is 10.6. The number of carbonyl (C=O) groups is 2. The van der Waals surface area contributed by atoms with E-state index < -0.39 is 0 Å². The normalized spacial score (nSPS) is 14.1. The topological polar surface area (TPSA) is 83.0 Å². The molecule has 0 spiro atoms. The molecule has 1 aliphatic rings. The van der Waals surface area contributed by atoms with E-state index in [0.717, 1.165) is 11.4 Å². The molecule has 7 nitrogen and oxygen atoms in total. The summed E-state index contributed by atoms with van der Waals surface area (Å²) in [6.45, 7) is 2.64. The van der Waals surface area contributed by atoms with Crippen LogP contribution in [0.15, 0.2) is 42.6 Å². The van der Waals surface area contributed by atoms with E-state index in [1.54, 1.807) is 24.3 Å². The third-order valence-electron chi connectivity index (χ3n) is 4.72. The van der Waals surface area contributed by atoms with Crippen LogP contribution in [0, 0.1) is 0 Å². The van der Waals surface area contributed by atoms with Gasteiger partial charge in [-0.05, 0) is 30.2 Å². The lowest BCUT2D eigenvalue weighted by atomic mass is 10.0. The van der Waals surface area contributed by atoms with Gasteiger partial charge in [0.1, 0.15) is 11.6 Å².